The van der Waals surface area contributed by atoms with Gasteiger partial charge in [0.2, 0.25) is 5.90 Å². The molecule has 0 bridgehead atoms. The molecule has 0 spiro atoms. The van der Waals surface area contributed by atoms with Crippen LogP contribution in [0.25, 0.3) is 6.08 Å². The van der Waals surface area contributed by atoms with Crippen LogP contribution in [0.4, 0.5) is 5.69 Å². The first kappa shape index (κ1) is 25.9. The number of aliphatic imine (C=N–C) groups is 1. The Labute approximate surface area is 227 Å². The van der Waals surface area contributed by atoms with E-state index in [9.17, 15) is 14.9 Å². The number of nitro benzene ring substituents is 1. The van der Waals surface area contributed by atoms with Crippen LogP contribution < -0.4 is 9.47 Å². The van der Waals surface area contributed by atoms with E-state index in [4.69, 9.17) is 25.8 Å². The Bertz CT molecular complexity index is 1410. The maximum Gasteiger partial charge on any atom is 0.363 e. The molecule has 0 unspecified atom stereocenters. The average Bonchev–Trinajstić information content (AvgIpc) is 3.19. The third-order valence-electron chi connectivity index (χ3n) is 4.95. The Kier molecular flexibility index (Phi) is 8.07. The Morgan fingerprint density at radius 3 is 2.53 bits per heavy atom. The highest BCUT2D eigenvalue weighted by molar-refractivity contribution is 9.10. The second-order valence-electron chi connectivity index (χ2n) is 7.44. The molecule has 1 aliphatic heterocycles. The number of ether oxygens (including phenoxy) is 3. The van der Waals surface area contributed by atoms with E-state index < -0.39 is 10.9 Å². The third kappa shape index (κ3) is 5.95. The number of nitro groups is 1. The van der Waals surface area contributed by atoms with Gasteiger partial charge in [-0.1, -0.05) is 39.7 Å². The molecule has 184 valence electrons. The van der Waals surface area contributed by atoms with Gasteiger partial charge in [-0.15, -0.1) is 0 Å². The maximum absolute atomic E-state index is 12.5. The van der Waals surface area contributed by atoms with Crippen molar-refractivity contribution >= 4 is 67.1 Å². The minimum Gasteiger partial charge on any atom is -0.490 e. The first-order valence-corrected chi connectivity index (χ1v) is 12.5. The number of hydrogen-bond donors (Lipinski definition) is 0. The van der Waals surface area contributed by atoms with Crippen LogP contribution in [0.1, 0.15) is 23.6 Å². The lowest BCUT2D eigenvalue weighted by atomic mass is 10.1. The number of halogens is 3. The number of cyclic esters (lactones) is 1. The number of benzene rings is 3. The Hall–Kier alpha value is -3.21. The van der Waals surface area contributed by atoms with Gasteiger partial charge in [0.25, 0.3) is 5.69 Å². The minimum atomic E-state index is -0.677. The zero-order valence-electron chi connectivity index (χ0n) is 18.7. The van der Waals surface area contributed by atoms with Crippen LogP contribution in [0.3, 0.4) is 0 Å². The van der Waals surface area contributed by atoms with Gasteiger partial charge in [-0.2, -0.15) is 0 Å². The fourth-order valence-corrected chi connectivity index (χ4v) is 4.38. The molecule has 1 heterocycles. The summed E-state index contributed by atoms with van der Waals surface area (Å²) in [6.07, 6.45) is 1.54. The zero-order valence-corrected chi connectivity index (χ0v) is 22.6. The van der Waals surface area contributed by atoms with Crippen molar-refractivity contribution in [3.63, 3.8) is 0 Å². The first-order chi connectivity index (χ1) is 17.2. The molecule has 0 amide bonds. The summed E-state index contributed by atoms with van der Waals surface area (Å²) in [6, 6.07) is 15.1. The molecular formula is C25H17Br2ClN2O6. The maximum atomic E-state index is 12.5. The van der Waals surface area contributed by atoms with Crippen LogP contribution in [-0.4, -0.2) is 23.4 Å². The van der Waals surface area contributed by atoms with Crippen molar-refractivity contribution < 1.29 is 23.9 Å². The number of carbonyl (C=O) groups is 1. The molecule has 1 aliphatic rings. The van der Waals surface area contributed by atoms with Crippen molar-refractivity contribution in [2.45, 2.75) is 13.5 Å². The van der Waals surface area contributed by atoms with Gasteiger partial charge in [0.1, 0.15) is 6.61 Å². The van der Waals surface area contributed by atoms with Crippen molar-refractivity contribution in [2.24, 2.45) is 4.99 Å². The van der Waals surface area contributed by atoms with E-state index in [0.717, 1.165) is 10.0 Å². The topological polar surface area (TPSA) is 100 Å². The SMILES string of the molecule is CCOc1cc(/C=C2\N=C(c3ccc([N+](=O)[O-])cc3Cl)OC2=O)cc(Br)c1OCc1ccc(Br)cc1. The molecule has 11 heteroatoms. The van der Waals surface area contributed by atoms with Crippen LogP contribution in [0.15, 0.2) is 74.2 Å². The third-order valence-corrected chi connectivity index (χ3v) is 6.38. The molecule has 3 aromatic carbocycles. The number of esters is 1. The number of non-ortho nitro benzene ring substituents is 1. The molecule has 36 heavy (non-hydrogen) atoms. The summed E-state index contributed by atoms with van der Waals surface area (Å²) in [6.45, 7) is 2.60. The molecule has 0 fully saturated rings. The van der Waals surface area contributed by atoms with Crippen molar-refractivity contribution in [1.82, 2.24) is 0 Å². The van der Waals surface area contributed by atoms with Crippen LogP contribution in [0, 0.1) is 10.1 Å². The van der Waals surface area contributed by atoms with Gasteiger partial charge in [-0.3, -0.25) is 10.1 Å². The summed E-state index contributed by atoms with van der Waals surface area (Å²) >= 11 is 13.1. The molecule has 0 saturated carbocycles. The molecule has 0 radical (unpaired) electrons. The highest BCUT2D eigenvalue weighted by Crippen LogP contribution is 2.38. The van der Waals surface area contributed by atoms with Crippen molar-refractivity contribution in [1.29, 1.82) is 0 Å². The van der Waals surface area contributed by atoms with E-state index in [-0.39, 0.29) is 27.9 Å². The van der Waals surface area contributed by atoms with Gasteiger partial charge in [0, 0.05) is 16.6 Å². The van der Waals surface area contributed by atoms with Gasteiger partial charge in [-0.05, 0) is 70.4 Å². The highest BCUT2D eigenvalue weighted by atomic mass is 79.9. The van der Waals surface area contributed by atoms with Gasteiger partial charge in [0.15, 0.2) is 17.2 Å². The quantitative estimate of drug-likeness (QED) is 0.113. The highest BCUT2D eigenvalue weighted by Gasteiger charge is 2.27. The lowest BCUT2D eigenvalue weighted by molar-refractivity contribution is -0.384. The normalized spacial score (nSPS) is 13.9. The van der Waals surface area contributed by atoms with Gasteiger partial charge in [-0.25, -0.2) is 9.79 Å². The summed E-state index contributed by atoms with van der Waals surface area (Å²) in [7, 11) is 0. The van der Waals surface area contributed by atoms with Crippen LogP contribution in [-0.2, 0) is 16.1 Å². The Balaban J connectivity index is 1.61. The molecule has 0 aromatic heterocycles. The zero-order chi connectivity index (χ0) is 25.8. The minimum absolute atomic E-state index is 0.0373. The monoisotopic (exact) mass is 634 g/mol. The Morgan fingerprint density at radius 1 is 1.11 bits per heavy atom. The second-order valence-corrected chi connectivity index (χ2v) is 9.61. The predicted octanol–water partition coefficient (Wildman–Crippen LogP) is 7.10. The molecule has 0 aliphatic carbocycles. The molecule has 8 nitrogen and oxygen atoms in total. The van der Waals surface area contributed by atoms with Crippen LogP contribution in [0.5, 0.6) is 11.5 Å². The van der Waals surface area contributed by atoms with E-state index in [1.165, 1.54) is 18.2 Å². The van der Waals surface area contributed by atoms with E-state index in [2.05, 4.69) is 36.9 Å². The number of carbonyl (C=O) groups excluding carboxylic acids is 1. The second kappa shape index (κ2) is 11.2. The summed E-state index contributed by atoms with van der Waals surface area (Å²) in [4.78, 5) is 27.1. The summed E-state index contributed by atoms with van der Waals surface area (Å²) in [5, 5.41) is 11.0. The molecular weight excluding hydrogens is 620 g/mol. The lowest BCUT2D eigenvalue weighted by Gasteiger charge is -2.15. The van der Waals surface area contributed by atoms with E-state index in [1.54, 1.807) is 18.2 Å². The summed E-state index contributed by atoms with van der Waals surface area (Å²) in [5.74, 6) is 0.302. The van der Waals surface area contributed by atoms with Crippen molar-refractivity contribution in [3.05, 3.63) is 101 Å². The van der Waals surface area contributed by atoms with Gasteiger partial charge in [0.05, 0.1) is 26.6 Å². The number of nitrogens with zero attached hydrogens (tertiary/aromatic N) is 2. The van der Waals surface area contributed by atoms with Crippen LogP contribution in [0.2, 0.25) is 5.02 Å². The van der Waals surface area contributed by atoms with Crippen LogP contribution >= 0.6 is 43.5 Å². The Morgan fingerprint density at radius 2 is 1.86 bits per heavy atom. The predicted molar refractivity (Wildman–Crippen MR) is 142 cm³/mol. The van der Waals surface area contributed by atoms with Gasteiger partial charge >= 0.3 is 5.97 Å². The van der Waals surface area contributed by atoms with E-state index >= 15 is 0 Å². The van der Waals surface area contributed by atoms with E-state index in [1.807, 2.05) is 31.2 Å². The fraction of sp³-hybridized carbons (Fsp3) is 0.120. The standard InChI is InChI=1S/C25H17Br2ClN2O6/c1-2-34-22-11-15(9-19(27)23(22)35-13-14-3-5-16(26)6-4-14)10-21-25(31)36-24(29-21)18-8-7-17(30(32)33)12-20(18)28/h3-12H,2,13H2,1H3/b21-10-. The smallest absolute Gasteiger partial charge is 0.363 e. The molecule has 0 N–H and O–H groups in total. The van der Waals surface area contributed by atoms with Crippen molar-refractivity contribution in [2.75, 3.05) is 6.61 Å². The summed E-state index contributed by atoms with van der Waals surface area (Å²) in [5.41, 5.74) is 1.73. The molecule has 0 saturated heterocycles. The molecule has 0 atom stereocenters. The molecule has 4 rings (SSSR count). The number of hydrogen-bond acceptors (Lipinski definition) is 7. The van der Waals surface area contributed by atoms with E-state index in [0.29, 0.717) is 34.7 Å². The molecule has 3 aromatic rings. The fourth-order valence-electron chi connectivity index (χ4n) is 3.28. The summed E-state index contributed by atoms with van der Waals surface area (Å²) < 4.78 is 18.7. The largest absolute Gasteiger partial charge is 0.490 e. The average molecular weight is 637 g/mol. The van der Waals surface area contributed by atoms with Crippen molar-refractivity contribution in [3.8, 4) is 11.5 Å². The van der Waals surface area contributed by atoms with Gasteiger partial charge < -0.3 is 14.2 Å². The first-order valence-electron chi connectivity index (χ1n) is 10.6. The number of rotatable bonds is 8. The lowest BCUT2D eigenvalue weighted by Crippen LogP contribution is -2.06.